The van der Waals surface area contributed by atoms with E-state index in [0.717, 1.165) is 28.2 Å². The zero-order chi connectivity index (χ0) is 27.1. The van der Waals surface area contributed by atoms with Crippen LogP contribution in [0.3, 0.4) is 0 Å². The van der Waals surface area contributed by atoms with Gasteiger partial charge >= 0.3 is 7.54 Å². The Morgan fingerprint density at radius 1 is 0.711 bits per heavy atom. The Labute approximate surface area is 223 Å². The van der Waals surface area contributed by atoms with Gasteiger partial charge in [0.2, 0.25) is 0 Å². The quantitative estimate of drug-likeness (QED) is 0.318. The highest BCUT2D eigenvalue weighted by Gasteiger charge is 2.15. The summed E-state index contributed by atoms with van der Waals surface area (Å²) < 4.78 is 37.5. The van der Waals surface area contributed by atoms with Crippen LogP contribution in [0.25, 0.3) is 11.3 Å². The lowest BCUT2D eigenvalue weighted by Gasteiger charge is -2.19. The van der Waals surface area contributed by atoms with E-state index in [0.29, 0.717) is 0 Å². The van der Waals surface area contributed by atoms with Gasteiger partial charge in [-0.2, -0.15) is 0 Å². The average Bonchev–Trinajstić information content (AvgIpc) is 2.86. The third-order valence-electron chi connectivity index (χ3n) is 6.29. The molecule has 1 aliphatic heterocycles. The van der Waals surface area contributed by atoms with E-state index < -0.39 is 7.54 Å². The molecule has 0 radical (unpaired) electrons. The van der Waals surface area contributed by atoms with Crippen LogP contribution in [-0.4, -0.2) is 31.9 Å². The lowest BCUT2D eigenvalue weighted by molar-refractivity contribution is -0.462. The molecule has 2 aromatic carbocycles. The van der Waals surface area contributed by atoms with Crippen molar-refractivity contribution in [2.24, 2.45) is 0 Å². The summed E-state index contributed by atoms with van der Waals surface area (Å²) in [4.78, 5) is 0. The van der Waals surface area contributed by atoms with Crippen molar-refractivity contribution in [2.75, 3.05) is 14.1 Å². The summed E-state index contributed by atoms with van der Waals surface area (Å²) in [5, 5.41) is 0. The summed E-state index contributed by atoms with van der Waals surface area (Å²) >= 11 is 0. The number of halogens is 4. The summed E-state index contributed by atoms with van der Waals surface area (Å²) in [6, 6.07) is 13.1. The van der Waals surface area contributed by atoms with Gasteiger partial charge in [-0.3, -0.25) is 12.9 Å². The number of aryl methyl sites for hydroxylation is 4. The van der Waals surface area contributed by atoms with Crippen LogP contribution in [-0.2, 0) is 4.74 Å². The zero-order valence-electron chi connectivity index (χ0n) is 22.5. The molecule has 0 fully saturated rings. The van der Waals surface area contributed by atoms with Crippen LogP contribution in [0.5, 0.6) is 0 Å². The molecule has 2 nitrogen and oxygen atoms in total. The minimum Gasteiger partial charge on any atom is -1.00 e. The minimum absolute atomic E-state index is 0. The van der Waals surface area contributed by atoms with E-state index in [1.807, 2.05) is 0 Å². The fourth-order valence-corrected chi connectivity index (χ4v) is 3.79. The van der Waals surface area contributed by atoms with Gasteiger partial charge < -0.3 is 9.44 Å². The number of benzene rings is 2. The number of allylic oxidation sites excluding steroid dienone is 10. The van der Waals surface area contributed by atoms with Gasteiger partial charge in [-0.1, -0.05) is 36.4 Å². The molecule has 0 saturated carbocycles. The first-order chi connectivity index (χ1) is 17.5. The third kappa shape index (κ3) is 8.33. The molecular weight excluding hydrogens is 489 g/mol. The van der Waals surface area contributed by atoms with Gasteiger partial charge in [0, 0.05) is 17.7 Å². The van der Waals surface area contributed by atoms with Gasteiger partial charge in [-0.15, -0.1) is 0 Å². The van der Waals surface area contributed by atoms with Gasteiger partial charge in [0.05, 0.1) is 0 Å². The Balaban J connectivity index is 0.000000947. The fraction of sp³-hybridized carbons (Fsp3) is 0.194. The summed E-state index contributed by atoms with van der Waals surface area (Å²) in [6.45, 7) is 8.59. The first-order valence-corrected chi connectivity index (χ1v) is 12.0. The molecule has 0 atom stereocenters. The summed E-state index contributed by atoms with van der Waals surface area (Å²) in [5.41, 5.74) is 10.9. The van der Waals surface area contributed by atoms with Crippen molar-refractivity contribution >= 4 is 24.6 Å². The predicted octanol–water partition coefficient (Wildman–Crippen LogP) is 4.91. The summed E-state index contributed by atoms with van der Waals surface area (Å²) in [5.74, 6) is 1.70. The van der Waals surface area contributed by atoms with Gasteiger partial charge in [0.15, 0.2) is 5.71 Å². The second-order valence-electron chi connectivity index (χ2n) is 9.28. The first kappa shape index (κ1) is 30.4. The van der Waals surface area contributed by atoms with E-state index >= 15 is 0 Å². The van der Waals surface area contributed by atoms with Crippen LogP contribution in [0, 0.1) is 27.7 Å². The normalized spacial score (nSPS) is 15.0. The summed E-state index contributed by atoms with van der Waals surface area (Å²) in [7, 11) is 0.437. The molecule has 0 bridgehead atoms. The van der Waals surface area contributed by atoms with E-state index in [4.69, 9.17) is 4.74 Å². The van der Waals surface area contributed by atoms with Crippen molar-refractivity contribution in [1.29, 1.82) is 0 Å². The molecule has 0 amide bonds. The molecular formula is C31H32BF4NO. The highest BCUT2D eigenvalue weighted by atomic mass is 19.4. The Morgan fingerprint density at radius 2 is 1.24 bits per heavy atom. The zero-order valence-corrected chi connectivity index (χ0v) is 22.5. The van der Waals surface area contributed by atoms with Gasteiger partial charge in [0.25, 0.3) is 0 Å². The Bertz CT molecular complexity index is 1370. The van der Waals surface area contributed by atoms with Crippen molar-refractivity contribution in [3.63, 3.8) is 0 Å². The third-order valence-corrected chi connectivity index (χ3v) is 6.29. The molecule has 2 aromatic rings. The van der Waals surface area contributed by atoms with E-state index in [-0.39, 0.29) is 4.70 Å². The smallest absolute Gasteiger partial charge is 0.762 e. The lowest BCUT2D eigenvalue weighted by Crippen LogP contribution is -3.00. The Kier molecular flexibility index (Phi) is 10.9. The van der Waals surface area contributed by atoms with Gasteiger partial charge in [-0.25, -0.2) is 4.58 Å². The molecule has 0 unspecified atom stereocenters. The minimum atomic E-state index is -3.67. The van der Waals surface area contributed by atoms with E-state index in [9.17, 15) is 12.9 Å². The number of nitrogens with zero attached hydrogens (tertiary/aromatic N) is 1. The van der Waals surface area contributed by atoms with Crippen molar-refractivity contribution in [3.05, 3.63) is 130 Å². The molecule has 38 heavy (non-hydrogen) atoms. The predicted molar refractivity (Wildman–Crippen MR) is 150 cm³/mol. The van der Waals surface area contributed by atoms with Crippen LogP contribution in [0.15, 0.2) is 96.3 Å². The first-order valence-electron chi connectivity index (χ1n) is 12.0. The van der Waals surface area contributed by atoms with Crippen LogP contribution in [0.4, 0.5) is 12.9 Å². The maximum absolute atomic E-state index is 9.67. The maximum Gasteiger partial charge on any atom is 0.762 e. The van der Waals surface area contributed by atoms with Crippen molar-refractivity contribution in [1.82, 2.24) is 0 Å². The fourth-order valence-electron chi connectivity index (χ4n) is 3.79. The molecule has 7 heteroatoms. The lowest BCUT2D eigenvalue weighted by atomic mass is 9.96. The highest BCUT2D eigenvalue weighted by Crippen LogP contribution is 2.33. The highest BCUT2D eigenvalue weighted by molar-refractivity contribution is 6.33. The van der Waals surface area contributed by atoms with Crippen molar-refractivity contribution < 1.29 is 27.0 Å². The van der Waals surface area contributed by atoms with E-state index in [1.54, 1.807) is 0 Å². The molecule has 0 saturated heterocycles. The average molecular weight is 521 g/mol. The second kappa shape index (κ2) is 13.6. The molecule has 1 heterocycles. The van der Waals surface area contributed by atoms with Crippen LogP contribution < -0.4 is 4.70 Å². The maximum atomic E-state index is 9.67. The van der Waals surface area contributed by atoms with Crippen LogP contribution >= 0.6 is 0 Å². The Morgan fingerprint density at radius 3 is 1.76 bits per heavy atom. The molecule has 0 N–H and O–H groups in total. The topological polar surface area (TPSA) is 12.2 Å². The molecule has 0 spiro atoms. The van der Waals surface area contributed by atoms with Gasteiger partial charge in [-0.05, 0) is 103 Å². The molecule has 1 aliphatic carbocycles. The number of hydrogen-bond donors (Lipinski definition) is 0. The molecule has 198 valence electrons. The molecule has 0 aromatic heterocycles. The van der Waals surface area contributed by atoms with Gasteiger partial charge in [0.1, 0.15) is 25.6 Å². The molecule has 4 rings (SSSR count). The number of hydrogen-bond acceptors (Lipinski definition) is 1. The number of ether oxygens (including phenoxy) is 1. The SMILES string of the molecule is Cc1ccc(C2=CC(=CC=C3C=CC(=[N+](C)C)C=C3)OC(c3ccc(C)c(C)c3)=C2)cc1C.FB(F)F.[F-]. The summed E-state index contributed by atoms with van der Waals surface area (Å²) in [6.07, 6.45) is 16.9. The van der Waals surface area contributed by atoms with Crippen molar-refractivity contribution in [3.8, 4) is 0 Å². The van der Waals surface area contributed by atoms with E-state index in [1.165, 1.54) is 33.5 Å². The van der Waals surface area contributed by atoms with Crippen molar-refractivity contribution in [2.45, 2.75) is 27.7 Å². The number of rotatable bonds is 3. The van der Waals surface area contributed by atoms with Crippen LogP contribution in [0.2, 0.25) is 0 Å². The second-order valence-corrected chi connectivity index (χ2v) is 9.28. The molecule has 2 aliphatic rings. The van der Waals surface area contributed by atoms with E-state index in [2.05, 4.69) is 131 Å². The standard InChI is InChI=1S/C31H32NO.BF3.FH/c1-21-7-12-26(17-23(21)3)28-19-30(16-11-25-9-14-29(15-10-25)32(5)6)33-31(20-28)27-13-8-22(2)24(4)18-27;2-1(3)4;/h7-20H,1-6H3;;1H/q+1;;/p-1. The largest absolute Gasteiger partial charge is 1.00 e. The monoisotopic (exact) mass is 521 g/mol. The Hall–Kier alpha value is -3.87. The van der Waals surface area contributed by atoms with Crippen LogP contribution in [0.1, 0.15) is 33.4 Å².